The molecule has 1 aromatic heterocycles. The summed E-state index contributed by atoms with van der Waals surface area (Å²) >= 11 is 0. The van der Waals surface area contributed by atoms with E-state index >= 15 is 0 Å². The van der Waals surface area contributed by atoms with E-state index in [1.165, 1.54) is 23.3 Å². The fourth-order valence-electron chi connectivity index (χ4n) is 3.99. The van der Waals surface area contributed by atoms with Crippen LogP contribution in [0.25, 0.3) is 0 Å². The van der Waals surface area contributed by atoms with Crippen molar-refractivity contribution in [2.24, 2.45) is 7.05 Å². The van der Waals surface area contributed by atoms with Crippen molar-refractivity contribution >= 4 is 5.91 Å². The predicted molar refractivity (Wildman–Crippen MR) is 114 cm³/mol. The quantitative estimate of drug-likeness (QED) is 0.653. The van der Waals surface area contributed by atoms with Gasteiger partial charge in [0, 0.05) is 38.6 Å². The number of amides is 1. The van der Waals surface area contributed by atoms with E-state index in [4.69, 9.17) is 4.74 Å². The lowest BCUT2D eigenvalue weighted by molar-refractivity contribution is -0.123. The Kier molecular flexibility index (Phi) is 6.14. The zero-order chi connectivity index (χ0) is 20.9. The topological polar surface area (TPSA) is 46.5 Å². The normalized spacial score (nSPS) is 14.7. The summed E-state index contributed by atoms with van der Waals surface area (Å²) in [4.78, 5) is 14.8. The molecule has 0 bridgehead atoms. The van der Waals surface area contributed by atoms with Crippen molar-refractivity contribution in [3.8, 4) is 5.75 Å². The number of aryl methyl sites for hydroxylation is 1. The largest absolute Gasteiger partial charge is 0.481 e. The number of benzene rings is 2. The molecule has 2 heterocycles. The van der Waals surface area contributed by atoms with Gasteiger partial charge in [0.05, 0.1) is 6.04 Å². The zero-order valence-corrected chi connectivity index (χ0v) is 17.1. The highest BCUT2D eigenvalue weighted by Crippen LogP contribution is 2.27. The molecule has 1 amide bonds. The molecule has 0 spiro atoms. The molecule has 4 rings (SSSR count). The number of fused-ring (bicyclic) bond motifs is 1. The van der Waals surface area contributed by atoms with Crippen molar-refractivity contribution in [2.75, 3.05) is 19.7 Å². The van der Waals surface area contributed by atoms with Crippen molar-refractivity contribution in [1.82, 2.24) is 14.8 Å². The van der Waals surface area contributed by atoms with E-state index in [9.17, 15) is 9.18 Å². The van der Waals surface area contributed by atoms with Gasteiger partial charge in [-0.2, -0.15) is 0 Å². The number of halogens is 1. The average molecular weight is 407 g/mol. The summed E-state index contributed by atoms with van der Waals surface area (Å²) in [7, 11) is 2.02. The van der Waals surface area contributed by atoms with Gasteiger partial charge >= 0.3 is 0 Å². The van der Waals surface area contributed by atoms with Crippen LogP contribution in [0.1, 0.15) is 22.9 Å². The molecular formula is C24H26FN3O2. The Morgan fingerprint density at radius 1 is 1.10 bits per heavy atom. The van der Waals surface area contributed by atoms with Crippen LogP contribution < -0.4 is 10.1 Å². The molecule has 1 aliphatic rings. The molecule has 1 N–H and O–H groups in total. The minimum Gasteiger partial charge on any atom is -0.481 e. The second-order valence-corrected chi connectivity index (χ2v) is 7.57. The molecule has 2 aromatic carbocycles. The number of hydrogen-bond donors (Lipinski definition) is 1. The van der Waals surface area contributed by atoms with E-state index in [2.05, 4.69) is 45.1 Å². The van der Waals surface area contributed by atoms with Crippen molar-refractivity contribution in [3.05, 3.63) is 89.5 Å². The van der Waals surface area contributed by atoms with Gasteiger partial charge in [0.1, 0.15) is 0 Å². The van der Waals surface area contributed by atoms with E-state index in [0.717, 1.165) is 25.2 Å². The maximum atomic E-state index is 13.7. The number of ether oxygens (including phenoxy) is 1. The number of para-hydroxylation sites is 1. The van der Waals surface area contributed by atoms with Crippen LogP contribution >= 0.6 is 0 Å². The second-order valence-electron chi connectivity index (χ2n) is 7.57. The number of rotatable bonds is 7. The molecule has 30 heavy (non-hydrogen) atoms. The van der Waals surface area contributed by atoms with Crippen LogP contribution in [0, 0.1) is 5.82 Å². The Labute approximate surface area is 176 Å². The van der Waals surface area contributed by atoms with E-state index in [1.807, 2.05) is 19.3 Å². The van der Waals surface area contributed by atoms with Crippen LogP contribution in [0.3, 0.4) is 0 Å². The third kappa shape index (κ3) is 4.54. The molecule has 1 atom stereocenters. The van der Waals surface area contributed by atoms with Crippen LogP contribution in [0.2, 0.25) is 0 Å². The zero-order valence-electron chi connectivity index (χ0n) is 17.1. The third-order valence-corrected chi connectivity index (χ3v) is 5.61. The molecule has 0 fully saturated rings. The lowest BCUT2D eigenvalue weighted by Gasteiger charge is -2.36. The van der Waals surface area contributed by atoms with Gasteiger partial charge < -0.3 is 14.6 Å². The molecular weight excluding hydrogens is 381 g/mol. The van der Waals surface area contributed by atoms with Crippen LogP contribution in [0.15, 0.2) is 66.9 Å². The Morgan fingerprint density at radius 3 is 2.63 bits per heavy atom. The van der Waals surface area contributed by atoms with Crippen molar-refractivity contribution in [1.29, 1.82) is 0 Å². The van der Waals surface area contributed by atoms with E-state index in [1.54, 1.807) is 12.1 Å². The first-order valence-electron chi connectivity index (χ1n) is 10.2. The molecule has 3 aromatic rings. The molecule has 5 nitrogen and oxygen atoms in total. The maximum Gasteiger partial charge on any atom is 0.258 e. The first-order valence-corrected chi connectivity index (χ1v) is 10.2. The third-order valence-electron chi connectivity index (χ3n) is 5.61. The van der Waals surface area contributed by atoms with Crippen LogP contribution in [0.4, 0.5) is 4.39 Å². The van der Waals surface area contributed by atoms with Gasteiger partial charge in [-0.15, -0.1) is 0 Å². The molecule has 6 heteroatoms. The molecule has 156 valence electrons. The average Bonchev–Trinajstić information content (AvgIpc) is 3.19. The minimum atomic E-state index is -0.473. The number of carbonyl (C=O) groups excluding carboxylic acids is 1. The number of aromatic nitrogens is 1. The van der Waals surface area contributed by atoms with E-state index < -0.39 is 5.82 Å². The maximum absolute atomic E-state index is 13.7. The molecule has 0 aliphatic carbocycles. The molecule has 1 aliphatic heterocycles. The predicted octanol–water partition coefficient (Wildman–Crippen LogP) is 3.46. The molecule has 0 unspecified atom stereocenters. The number of nitrogens with zero attached hydrogens (tertiary/aromatic N) is 2. The summed E-state index contributed by atoms with van der Waals surface area (Å²) < 4.78 is 21.1. The van der Waals surface area contributed by atoms with E-state index in [-0.39, 0.29) is 24.3 Å². The highest BCUT2D eigenvalue weighted by molar-refractivity contribution is 5.77. The monoisotopic (exact) mass is 407 g/mol. The van der Waals surface area contributed by atoms with Gasteiger partial charge in [-0.25, -0.2) is 4.39 Å². The van der Waals surface area contributed by atoms with Gasteiger partial charge in [-0.3, -0.25) is 9.69 Å². The SMILES string of the molecule is Cn1cccc1[C@H](CNC(=O)COc1ccccc1F)N1CCc2ccccc2C1. The summed E-state index contributed by atoms with van der Waals surface area (Å²) in [6, 6.07) is 18.7. The van der Waals surface area contributed by atoms with Crippen molar-refractivity contribution in [2.45, 2.75) is 19.0 Å². The smallest absolute Gasteiger partial charge is 0.258 e. The molecule has 0 radical (unpaired) electrons. The summed E-state index contributed by atoms with van der Waals surface area (Å²) in [5.74, 6) is -0.659. The van der Waals surface area contributed by atoms with Crippen LogP contribution in [-0.2, 0) is 24.8 Å². The number of hydrogen-bond acceptors (Lipinski definition) is 3. The Hall–Kier alpha value is -3.12. The Balaban J connectivity index is 1.42. The second kappa shape index (κ2) is 9.13. The summed E-state index contributed by atoms with van der Waals surface area (Å²) in [6.45, 7) is 2.01. The van der Waals surface area contributed by atoms with Crippen LogP contribution in [0.5, 0.6) is 5.75 Å². The summed E-state index contributed by atoms with van der Waals surface area (Å²) in [5.41, 5.74) is 3.86. The Bertz CT molecular complexity index is 1020. The lowest BCUT2D eigenvalue weighted by Crippen LogP contribution is -2.42. The van der Waals surface area contributed by atoms with Gasteiger partial charge in [0.2, 0.25) is 0 Å². The highest BCUT2D eigenvalue weighted by atomic mass is 19.1. The fourth-order valence-corrected chi connectivity index (χ4v) is 3.99. The summed E-state index contributed by atoms with van der Waals surface area (Å²) in [6.07, 6.45) is 3.00. The molecule has 0 saturated carbocycles. The number of nitrogens with one attached hydrogen (secondary N) is 1. The van der Waals surface area contributed by atoms with E-state index in [0.29, 0.717) is 6.54 Å². The summed E-state index contributed by atoms with van der Waals surface area (Å²) in [5, 5.41) is 2.97. The number of carbonyl (C=O) groups is 1. The van der Waals surface area contributed by atoms with Gasteiger partial charge in [0.15, 0.2) is 18.2 Å². The van der Waals surface area contributed by atoms with Crippen molar-refractivity contribution in [3.63, 3.8) is 0 Å². The molecule has 0 saturated heterocycles. The highest BCUT2D eigenvalue weighted by Gasteiger charge is 2.26. The fraction of sp³-hybridized carbons (Fsp3) is 0.292. The standard InChI is InChI=1S/C24H26FN3O2/c1-27-13-6-10-21(27)22(28-14-12-18-7-2-3-8-19(18)16-28)15-26-24(29)17-30-23-11-5-4-9-20(23)25/h2-11,13,22H,12,14-17H2,1H3,(H,26,29)/t22-/m0/s1. The van der Waals surface area contributed by atoms with Gasteiger partial charge in [-0.1, -0.05) is 36.4 Å². The van der Waals surface area contributed by atoms with Crippen LogP contribution in [-0.4, -0.2) is 35.1 Å². The first kappa shape index (κ1) is 20.2. The minimum absolute atomic E-state index is 0.0377. The first-order chi connectivity index (χ1) is 14.6. The van der Waals surface area contributed by atoms with Gasteiger partial charge in [-0.05, 0) is 41.8 Å². The van der Waals surface area contributed by atoms with Gasteiger partial charge in [0.25, 0.3) is 5.91 Å². The van der Waals surface area contributed by atoms with Crippen molar-refractivity contribution < 1.29 is 13.9 Å². The lowest BCUT2D eigenvalue weighted by atomic mass is 9.98. The Morgan fingerprint density at radius 2 is 1.87 bits per heavy atom.